The summed E-state index contributed by atoms with van der Waals surface area (Å²) in [7, 11) is 0. The van der Waals surface area contributed by atoms with E-state index in [-0.39, 0.29) is 37.7 Å². The first kappa shape index (κ1) is 51.5. The third-order valence-corrected chi connectivity index (χ3v) is 12.3. The number of carbonyl (C=O) groups excluding carboxylic acids is 5. The van der Waals surface area contributed by atoms with Crippen LogP contribution in [0.3, 0.4) is 0 Å². The number of carbonyl (C=O) groups is 5. The van der Waals surface area contributed by atoms with Crippen molar-refractivity contribution < 1.29 is 47.7 Å². The fraction of sp³-hybridized carbons (Fsp3) is 0.600. The lowest BCUT2D eigenvalue weighted by Gasteiger charge is -2.39. The Morgan fingerprint density at radius 1 is 0.721 bits per heavy atom. The van der Waals surface area contributed by atoms with E-state index < -0.39 is 42.2 Å². The maximum Gasteiger partial charge on any atom is 0.410 e. The molecule has 372 valence electrons. The number of rotatable bonds is 20. The number of unbranched alkanes of at least 4 members (excludes halogenated alkanes) is 5. The van der Waals surface area contributed by atoms with E-state index in [1.165, 1.54) is 12.8 Å². The van der Waals surface area contributed by atoms with Gasteiger partial charge in [-0.15, -0.1) is 0 Å². The molecule has 0 saturated carbocycles. The van der Waals surface area contributed by atoms with Crippen molar-refractivity contribution in [1.82, 2.24) is 40.2 Å². The number of hydrogen-bond donors (Lipinski definition) is 3. The Bertz CT molecular complexity index is 2000. The Kier molecular flexibility index (Phi) is 20.2. The maximum atomic E-state index is 13.6. The molecule has 0 spiro atoms. The summed E-state index contributed by atoms with van der Waals surface area (Å²) in [5.41, 5.74) is 2.15. The second-order valence-electron chi connectivity index (χ2n) is 18.7. The van der Waals surface area contributed by atoms with Gasteiger partial charge < -0.3 is 58.9 Å². The topological polar surface area (TPSA) is 195 Å². The molecule has 68 heavy (non-hydrogen) atoms. The molecule has 6 amide bonds. The summed E-state index contributed by atoms with van der Waals surface area (Å²) in [4.78, 5) is 73.8. The number of alkyl carbamates (subject to hydrolysis) is 1. The number of ether oxygens (including phenoxy) is 5. The Balaban J connectivity index is 0.889. The van der Waals surface area contributed by atoms with Gasteiger partial charge in [0, 0.05) is 90.2 Å². The van der Waals surface area contributed by atoms with Crippen LogP contribution in [0.1, 0.15) is 95.2 Å². The molecule has 6 rings (SSSR count). The number of piperazine rings is 1. The molecule has 3 N–H and O–H groups in total. The maximum absolute atomic E-state index is 13.6. The summed E-state index contributed by atoms with van der Waals surface area (Å²) >= 11 is 0. The second-order valence-corrected chi connectivity index (χ2v) is 18.7. The number of likely N-dealkylation sites (tertiary alicyclic amines) is 1. The SMILES string of the molecule is CC(C)(C)OC(=O)NCc1ccc(CNC(=O)N2CCN(C(=O)O[C@@H]3CCO[C@H](COC(=O)N4CCC(C(=O)NCCCCCCCCn5ccnc5)CC4)[C@H]3OCc3ccccc3)CC2)cc1. The second kappa shape index (κ2) is 26.6. The first-order valence-corrected chi connectivity index (χ1v) is 24.4. The quantitative estimate of drug-likeness (QED) is 0.0814. The predicted octanol–water partition coefficient (Wildman–Crippen LogP) is 6.62. The summed E-state index contributed by atoms with van der Waals surface area (Å²) in [6.45, 7) is 10.2. The minimum Gasteiger partial charge on any atom is -0.447 e. The number of amides is 6. The highest BCUT2D eigenvalue weighted by Gasteiger charge is 2.40. The standard InChI is InChI=1S/C50H72N8O10/c1-50(2,3)68-47(61)54-34-39-17-15-38(16-18-39)33-53-46(60)56-28-30-58(31-29-56)49(63)67-42-21-32-64-43(44(42)65-35-40-13-9-8-10-14-40)36-66-48(62)57-25-19-41(20-26-57)45(59)52-22-11-6-4-5-7-12-24-55-27-23-51-37-55/h8-10,13-18,23,27,37,41-44H,4-7,11-12,19-22,24-26,28-36H2,1-3H3,(H,52,59)(H,53,60)(H,54,61)/t42-,43-,44+/m1/s1. The van der Waals surface area contributed by atoms with E-state index in [0.29, 0.717) is 78.2 Å². The number of urea groups is 1. The Morgan fingerprint density at radius 2 is 1.37 bits per heavy atom. The highest BCUT2D eigenvalue weighted by Crippen LogP contribution is 2.25. The van der Waals surface area contributed by atoms with Crippen LogP contribution in [-0.2, 0) is 54.7 Å². The van der Waals surface area contributed by atoms with E-state index in [2.05, 4.69) is 25.5 Å². The van der Waals surface area contributed by atoms with Crippen molar-refractivity contribution in [2.24, 2.45) is 5.92 Å². The number of benzene rings is 2. The van der Waals surface area contributed by atoms with Crippen molar-refractivity contribution >= 4 is 30.2 Å². The van der Waals surface area contributed by atoms with E-state index in [1.807, 2.05) is 87.9 Å². The molecule has 18 nitrogen and oxygen atoms in total. The number of nitrogens with zero attached hydrogens (tertiary/aromatic N) is 5. The fourth-order valence-corrected chi connectivity index (χ4v) is 8.40. The van der Waals surface area contributed by atoms with Gasteiger partial charge >= 0.3 is 24.3 Å². The van der Waals surface area contributed by atoms with Crippen molar-refractivity contribution in [2.75, 3.05) is 59.0 Å². The molecule has 3 saturated heterocycles. The molecular weight excluding hydrogens is 873 g/mol. The van der Waals surface area contributed by atoms with Crippen LogP contribution in [0.5, 0.6) is 0 Å². The number of hydrogen-bond acceptors (Lipinski definition) is 11. The monoisotopic (exact) mass is 945 g/mol. The zero-order chi connectivity index (χ0) is 48.1. The van der Waals surface area contributed by atoms with Gasteiger partial charge in [0.25, 0.3) is 0 Å². The lowest BCUT2D eigenvalue weighted by molar-refractivity contribution is -0.178. The Morgan fingerprint density at radius 3 is 2.04 bits per heavy atom. The molecule has 3 aliphatic rings. The van der Waals surface area contributed by atoms with Crippen molar-refractivity contribution in [1.29, 1.82) is 0 Å². The summed E-state index contributed by atoms with van der Waals surface area (Å²) in [5, 5.41) is 8.79. The van der Waals surface area contributed by atoms with E-state index in [4.69, 9.17) is 23.7 Å². The lowest BCUT2D eigenvalue weighted by atomic mass is 9.96. The van der Waals surface area contributed by atoms with E-state index in [0.717, 1.165) is 48.9 Å². The molecule has 1 aromatic heterocycles. The number of piperidine rings is 1. The molecule has 0 aliphatic carbocycles. The fourth-order valence-electron chi connectivity index (χ4n) is 8.40. The molecule has 18 heteroatoms. The minimum atomic E-state index is -0.717. The largest absolute Gasteiger partial charge is 0.447 e. The smallest absolute Gasteiger partial charge is 0.410 e. The van der Waals surface area contributed by atoms with Gasteiger partial charge in [-0.05, 0) is 63.1 Å². The summed E-state index contributed by atoms with van der Waals surface area (Å²) in [5.74, 6) is -0.100. The van der Waals surface area contributed by atoms with E-state index in [9.17, 15) is 24.0 Å². The summed E-state index contributed by atoms with van der Waals surface area (Å²) in [6, 6.07) is 17.0. The van der Waals surface area contributed by atoms with E-state index >= 15 is 0 Å². The predicted molar refractivity (Wildman–Crippen MR) is 253 cm³/mol. The average molecular weight is 945 g/mol. The number of aryl methyl sites for hydroxylation is 1. The Hall–Kier alpha value is -5.88. The number of aromatic nitrogens is 2. The van der Waals surface area contributed by atoms with Crippen molar-refractivity contribution in [2.45, 2.75) is 129 Å². The van der Waals surface area contributed by atoms with Crippen molar-refractivity contribution in [3.05, 3.63) is 90.0 Å². The van der Waals surface area contributed by atoms with Crippen LogP contribution in [-0.4, -0.2) is 137 Å². The first-order chi connectivity index (χ1) is 32.9. The van der Waals surface area contributed by atoms with Crippen LogP contribution in [0.25, 0.3) is 0 Å². The molecule has 3 atom stereocenters. The molecule has 0 radical (unpaired) electrons. The normalized spacial score (nSPS) is 18.9. The third-order valence-electron chi connectivity index (χ3n) is 12.3. The Labute approximate surface area is 400 Å². The molecule has 2 aromatic carbocycles. The molecule has 3 aliphatic heterocycles. The number of nitrogens with one attached hydrogen (secondary N) is 3. The molecule has 3 fully saturated rings. The van der Waals surface area contributed by atoms with Gasteiger partial charge in [0.15, 0.2) is 0 Å². The molecular formula is C50H72N8O10. The van der Waals surface area contributed by atoms with Crippen molar-refractivity contribution in [3.63, 3.8) is 0 Å². The minimum absolute atomic E-state index is 0.0446. The van der Waals surface area contributed by atoms with Crippen LogP contribution in [0.4, 0.5) is 19.2 Å². The summed E-state index contributed by atoms with van der Waals surface area (Å²) < 4.78 is 31.8. The van der Waals surface area contributed by atoms with Crippen LogP contribution in [0.15, 0.2) is 73.3 Å². The van der Waals surface area contributed by atoms with E-state index in [1.54, 1.807) is 20.9 Å². The highest BCUT2D eigenvalue weighted by molar-refractivity contribution is 5.79. The van der Waals surface area contributed by atoms with Gasteiger partial charge in [0.1, 0.15) is 30.5 Å². The molecule has 0 bridgehead atoms. The highest BCUT2D eigenvalue weighted by atomic mass is 16.6. The first-order valence-electron chi connectivity index (χ1n) is 24.4. The van der Waals surface area contributed by atoms with Gasteiger partial charge in [-0.1, -0.05) is 80.3 Å². The zero-order valence-corrected chi connectivity index (χ0v) is 40.1. The zero-order valence-electron chi connectivity index (χ0n) is 40.1. The van der Waals surface area contributed by atoms with Crippen molar-refractivity contribution in [3.8, 4) is 0 Å². The van der Waals surface area contributed by atoms with Crippen LogP contribution in [0, 0.1) is 5.92 Å². The van der Waals surface area contributed by atoms with Crippen LogP contribution < -0.4 is 16.0 Å². The molecule has 3 aromatic rings. The van der Waals surface area contributed by atoms with Gasteiger partial charge in [0.05, 0.1) is 19.5 Å². The molecule has 4 heterocycles. The van der Waals surface area contributed by atoms with Gasteiger partial charge in [0.2, 0.25) is 5.91 Å². The average Bonchev–Trinajstić information content (AvgIpc) is 3.87. The number of imidazole rings is 1. The van der Waals surface area contributed by atoms with Gasteiger partial charge in [-0.3, -0.25) is 4.79 Å². The molecule has 0 unspecified atom stereocenters. The lowest BCUT2D eigenvalue weighted by Crippen LogP contribution is -2.55. The van der Waals surface area contributed by atoms with Gasteiger partial charge in [-0.2, -0.15) is 0 Å². The summed E-state index contributed by atoms with van der Waals surface area (Å²) in [6.07, 6.45) is 10.3. The third kappa shape index (κ3) is 17.3. The van der Waals surface area contributed by atoms with Gasteiger partial charge in [-0.25, -0.2) is 24.2 Å². The van der Waals surface area contributed by atoms with Crippen LogP contribution in [0.2, 0.25) is 0 Å². The van der Waals surface area contributed by atoms with Crippen LogP contribution >= 0.6 is 0 Å².